The summed E-state index contributed by atoms with van der Waals surface area (Å²) >= 11 is 0. The Balaban J connectivity index is 2.50. The van der Waals surface area contributed by atoms with Gasteiger partial charge in [0.05, 0.1) is 0 Å². The van der Waals surface area contributed by atoms with Gasteiger partial charge in [-0.15, -0.1) is 0 Å². The van der Waals surface area contributed by atoms with Crippen LogP contribution in [0.1, 0.15) is 25.0 Å². The predicted octanol–water partition coefficient (Wildman–Crippen LogP) is 6.31. The third-order valence-electron chi connectivity index (χ3n) is 3.58. The quantitative estimate of drug-likeness (QED) is 0.565. The average molecular weight is 286 g/mol. The summed E-state index contributed by atoms with van der Waals surface area (Å²) in [6, 6.07) is 21.0. The molecule has 22 heavy (non-hydrogen) atoms. The van der Waals surface area contributed by atoms with E-state index in [1.165, 1.54) is 27.8 Å². The van der Waals surface area contributed by atoms with Crippen LogP contribution in [0.25, 0.3) is 11.1 Å². The summed E-state index contributed by atoms with van der Waals surface area (Å²) in [7, 11) is 0. The maximum absolute atomic E-state index is 3.75. The van der Waals surface area contributed by atoms with Crippen molar-refractivity contribution < 1.29 is 0 Å². The molecule has 0 aromatic heterocycles. The Morgan fingerprint density at radius 1 is 0.818 bits per heavy atom. The lowest BCUT2D eigenvalue weighted by atomic mass is 9.96. The van der Waals surface area contributed by atoms with Crippen molar-refractivity contribution in [3.63, 3.8) is 0 Å². The van der Waals surface area contributed by atoms with E-state index in [-0.39, 0.29) is 0 Å². The first-order chi connectivity index (χ1) is 10.7. The minimum atomic E-state index is 1.22. The molecular weight excluding hydrogens is 264 g/mol. The maximum atomic E-state index is 3.75. The Morgan fingerprint density at radius 2 is 1.36 bits per heavy atom. The first-order valence-electron chi connectivity index (χ1n) is 7.51. The maximum Gasteiger partial charge on any atom is -0.0152 e. The third kappa shape index (κ3) is 4.20. The molecule has 0 aliphatic carbocycles. The van der Waals surface area contributed by atoms with Gasteiger partial charge in [-0.05, 0) is 41.7 Å². The second-order valence-corrected chi connectivity index (χ2v) is 5.25. The highest BCUT2D eigenvalue weighted by atomic mass is 14.1. The van der Waals surface area contributed by atoms with Gasteiger partial charge in [0, 0.05) is 0 Å². The van der Waals surface area contributed by atoms with E-state index in [1.807, 2.05) is 18.2 Å². The van der Waals surface area contributed by atoms with Gasteiger partial charge in [-0.25, -0.2) is 0 Å². The molecule has 0 nitrogen and oxygen atoms in total. The van der Waals surface area contributed by atoms with Crippen LogP contribution in [0, 0.1) is 0 Å². The Morgan fingerprint density at radius 3 is 1.91 bits per heavy atom. The number of rotatable bonds is 5. The van der Waals surface area contributed by atoms with Gasteiger partial charge in [-0.1, -0.05) is 91.5 Å². The molecule has 0 unspecified atom stereocenters. The Kier molecular flexibility index (Phi) is 5.73. The molecule has 0 aliphatic rings. The largest absolute Gasteiger partial charge is 0.0991 e. The number of hydrogen-bond donors (Lipinski definition) is 0. The van der Waals surface area contributed by atoms with Crippen LogP contribution in [-0.2, 0) is 0 Å². The Hall–Kier alpha value is -2.60. The standard InChI is InChI=1S/C22H22/c1-4-5-12-18(2)22(21-15-10-7-11-16-21)17-19(3)20-13-8-6-9-14-20/h4-17H,1H2,2-3H3. The van der Waals surface area contributed by atoms with Gasteiger partial charge < -0.3 is 0 Å². The average Bonchev–Trinajstić information content (AvgIpc) is 2.59. The van der Waals surface area contributed by atoms with Crippen LogP contribution < -0.4 is 0 Å². The molecule has 0 radical (unpaired) electrons. The predicted molar refractivity (Wildman–Crippen MR) is 98.5 cm³/mol. The molecule has 0 atom stereocenters. The van der Waals surface area contributed by atoms with E-state index < -0.39 is 0 Å². The van der Waals surface area contributed by atoms with E-state index in [1.54, 1.807) is 6.08 Å². The van der Waals surface area contributed by atoms with Crippen molar-refractivity contribution in [3.8, 4) is 0 Å². The summed E-state index contributed by atoms with van der Waals surface area (Å²) in [5.41, 5.74) is 6.19. The van der Waals surface area contributed by atoms with Crippen molar-refractivity contribution in [3.05, 3.63) is 108 Å². The fourth-order valence-electron chi connectivity index (χ4n) is 2.35. The first-order valence-corrected chi connectivity index (χ1v) is 7.51. The first kappa shape index (κ1) is 15.8. The molecule has 0 bridgehead atoms. The molecule has 0 N–H and O–H groups in total. The zero-order chi connectivity index (χ0) is 15.8. The fraction of sp³-hybridized carbons (Fsp3) is 0.0909. The SMILES string of the molecule is C=CC=CC(C)=C(C=C(C)c1ccccc1)c1ccccc1. The minimum Gasteiger partial charge on any atom is -0.0991 e. The van der Waals surface area contributed by atoms with Crippen molar-refractivity contribution in [1.82, 2.24) is 0 Å². The molecule has 0 spiro atoms. The van der Waals surface area contributed by atoms with Crippen molar-refractivity contribution in [2.24, 2.45) is 0 Å². The molecule has 0 amide bonds. The molecule has 2 aromatic carbocycles. The zero-order valence-corrected chi connectivity index (χ0v) is 13.3. The van der Waals surface area contributed by atoms with E-state index in [0.29, 0.717) is 0 Å². The Bertz CT molecular complexity index is 698. The zero-order valence-electron chi connectivity index (χ0n) is 13.3. The molecule has 0 fully saturated rings. The number of hydrogen-bond acceptors (Lipinski definition) is 0. The summed E-state index contributed by atoms with van der Waals surface area (Å²) in [5, 5.41) is 0. The van der Waals surface area contributed by atoms with Crippen LogP contribution in [-0.4, -0.2) is 0 Å². The highest BCUT2D eigenvalue weighted by molar-refractivity contribution is 5.85. The summed E-state index contributed by atoms with van der Waals surface area (Å²) in [4.78, 5) is 0. The molecule has 0 saturated carbocycles. The van der Waals surface area contributed by atoms with Crippen LogP contribution in [0.15, 0.2) is 97.1 Å². The molecular formula is C22H22. The number of benzene rings is 2. The topological polar surface area (TPSA) is 0 Å². The summed E-state index contributed by atoms with van der Waals surface area (Å²) in [6.45, 7) is 8.04. The summed E-state index contributed by atoms with van der Waals surface area (Å²) < 4.78 is 0. The minimum absolute atomic E-state index is 1.22. The van der Waals surface area contributed by atoms with Gasteiger partial charge >= 0.3 is 0 Å². The van der Waals surface area contributed by atoms with Gasteiger partial charge in [-0.2, -0.15) is 0 Å². The fourth-order valence-corrected chi connectivity index (χ4v) is 2.35. The van der Waals surface area contributed by atoms with E-state index in [4.69, 9.17) is 0 Å². The smallest absolute Gasteiger partial charge is 0.0152 e. The van der Waals surface area contributed by atoms with E-state index in [2.05, 4.69) is 81.1 Å². The van der Waals surface area contributed by atoms with E-state index >= 15 is 0 Å². The highest BCUT2D eigenvalue weighted by Gasteiger charge is 2.03. The Labute approximate surface area is 133 Å². The van der Waals surface area contributed by atoms with Crippen LogP contribution >= 0.6 is 0 Å². The lowest BCUT2D eigenvalue weighted by Gasteiger charge is -2.09. The second-order valence-electron chi connectivity index (χ2n) is 5.25. The van der Waals surface area contributed by atoms with Gasteiger partial charge in [0.1, 0.15) is 0 Å². The van der Waals surface area contributed by atoms with Crippen molar-refractivity contribution in [1.29, 1.82) is 0 Å². The summed E-state index contributed by atoms with van der Waals surface area (Å²) in [5.74, 6) is 0. The van der Waals surface area contributed by atoms with Gasteiger partial charge in [0.25, 0.3) is 0 Å². The van der Waals surface area contributed by atoms with Gasteiger partial charge in [0.15, 0.2) is 0 Å². The van der Waals surface area contributed by atoms with Crippen LogP contribution in [0.2, 0.25) is 0 Å². The van der Waals surface area contributed by atoms with Crippen molar-refractivity contribution in [2.45, 2.75) is 13.8 Å². The molecule has 2 rings (SSSR count). The van der Waals surface area contributed by atoms with E-state index in [0.717, 1.165) is 0 Å². The normalized spacial score (nSPS) is 13.1. The molecule has 110 valence electrons. The number of allylic oxidation sites excluding steroid dienone is 7. The van der Waals surface area contributed by atoms with Crippen LogP contribution in [0.5, 0.6) is 0 Å². The lowest BCUT2D eigenvalue weighted by Crippen LogP contribution is -1.87. The lowest BCUT2D eigenvalue weighted by molar-refractivity contribution is 1.49. The molecule has 0 heterocycles. The third-order valence-corrected chi connectivity index (χ3v) is 3.58. The van der Waals surface area contributed by atoms with Crippen LogP contribution in [0.4, 0.5) is 0 Å². The molecule has 0 saturated heterocycles. The van der Waals surface area contributed by atoms with Gasteiger partial charge in [-0.3, -0.25) is 0 Å². The summed E-state index contributed by atoms with van der Waals surface area (Å²) in [6.07, 6.45) is 8.14. The highest BCUT2D eigenvalue weighted by Crippen LogP contribution is 2.25. The van der Waals surface area contributed by atoms with Gasteiger partial charge in [0.2, 0.25) is 0 Å². The molecule has 0 aliphatic heterocycles. The molecule has 0 heteroatoms. The van der Waals surface area contributed by atoms with Crippen LogP contribution in [0.3, 0.4) is 0 Å². The molecule has 2 aromatic rings. The monoisotopic (exact) mass is 286 g/mol. The van der Waals surface area contributed by atoms with Crippen molar-refractivity contribution in [2.75, 3.05) is 0 Å². The van der Waals surface area contributed by atoms with Crippen molar-refractivity contribution >= 4 is 11.1 Å². The second kappa shape index (κ2) is 7.99. The van der Waals surface area contributed by atoms with E-state index in [9.17, 15) is 0 Å².